The van der Waals surface area contributed by atoms with Crippen LogP contribution in [0.4, 0.5) is 4.39 Å². The standard InChI is InChI=1S/C16H23FN2O/c1-12(13-6-3-4-7-14(13)17)19(2)15(20)10-16(11-18)8-5-9-16/h3-4,6-7,12H,5,8-11,18H2,1-2H3. The zero-order valence-corrected chi connectivity index (χ0v) is 12.2. The van der Waals surface area contributed by atoms with Crippen LogP contribution < -0.4 is 5.73 Å². The van der Waals surface area contributed by atoms with Crippen LogP contribution in [-0.2, 0) is 4.79 Å². The van der Waals surface area contributed by atoms with E-state index >= 15 is 0 Å². The van der Waals surface area contributed by atoms with Crippen LogP contribution >= 0.6 is 0 Å². The number of carbonyl (C=O) groups is 1. The Morgan fingerprint density at radius 3 is 2.60 bits per heavy atom. The molecule has 0 saturated heterocycles. The van der Waals surface area contributed by atoms with Gasteiger partial charge in [-0.3, -0.25) is 4.79 Å². The number of halogens is 1. The van der Waals surface area contributed by atoms with Crippen molar-refractivity contribution in [3.63, 3.8) is 0 Å². The van der Waals surface area contributed by atoms with E-state index in [0.29, 0.717) is 18.5 Å². The van der Waals surface area contributed by atoms with E-state index in [9.17, 15) is 9.18 Å². The second kappa shape index (κ2) is 5.92. The molecule has 0 spiro atoms. The normalized spacial score (nSPS) is 18.2. The number of hydrogen-bond acceptors (Lipinski definition) is 2. The molecule has 1 fully saturated rings. The van der Waals surface area contributed by atoms with Crippen molar-refractivity contribution < 1.29 is 9.18 Å². The van der Waals surface area contributed by atoms with Crippen molar-refractivity contribution in [1.29, 1.82) is 0 Å². The Labute approximate surface area is 120 Å². The fourth-order valence-corrected chi connectivity index (χ4v) is 2.81. The van der Waals surface area contributed by atoms with Crippen molar-refractivity contribution in [2.75, 3.05) is 13.6 Å². The minimum Gasteiger partial charge on any atom is -0.339 e. The molecule has 4 heteroatoms. The zero-order valence-electron chi connectivity index (χ0n) is 12.2. The smallest absolute Gasteiger partial charge is 0.223 e. The summed E-state index contributed by atoms with van der Waals surface area (Å²) in [7, 11) is 1.74. The van der Waals surface area contributed by atoms with Crippen molar-refractivity contribution in [2.45, 2.75) is 38.6 Å². The molecule has 110 valence electrons. The lowest BCUT2D eigenvalue weighted by Gasteiger charge is -2.41. The lowest BCUT2D eigenvalue weighted by atomic mass is 9.66. The maximum atomic E-state index is 13.8. The molecule has 3 nitrogen and oxygen atoms in total. The molecule has 20 heavy (non-hydrogen) atoms. The predicted octanol–water partition coefficient (Wildman–Crippen LogP) is 2.86. The van der Waals surface area contributed by atoms with Crippen LogP contribution in [0.2, 0.25) is 0 Å². The van der Waals surface area contributed by atoms with Crippen LogP contribution in [0.5, 0.6) is 0 Å². The summed E-state index contributed by atoms with van der Waals surface area (Å²) in [6, 6.07) is 6.34. The zero-order chi connectivity index (χ0) is 14.8. The number of nitrogens with zero attached hydrogens (tertiary/aromatic N) is 1. The first kappa shape index (κ1) is 15.0. The van der Waals surface area contributed by atoms with E-state index in [-0.39, 0.29) is 23.2 Å². The highest BCUT2D eigenvalue weighted by Crippen LogP contribution is 2.43. The molecular weight excluding hydrogens is 255 g/mol. The summed E-state index contributed by atoms with van der Waals surface area (Å²) in [5.41, 5.74) is 6.34. The first-order valence-electron chi connectivity index (χ1n) is 7.19. The first-order chi connectivity index (χ1) is 9.49. The Morgan fingerprint density at radius 1 is 1.45 bits per heavy atom. The highest BCUT2D eigenvalue weighted by atomic mass is 19.1. The Kier molecular flexibility index (Phi) is 4.43. The molecule has 1 aromatic carbocycles. The van der Waals surface area contributed by atoms with Crippen molar-refractivity contribution in [1.82, 2.24) is 4.90 Å². The van der Waals surface area contributed by atoms with Gasteiger partial charge in [-0.1, -0.05) is 24.6 Å². The van der Waals surface area contributed by atoms with Gasteiger partial charge in [0.05, 0.1) is 6.04 Å². The van der Waals surface area contributed by atoms with Gasteiger partial charge < -0.3 is 10.6 Å². The van der Waals surface area contributed by atoms with E-state index in [1.165, 1.54) is 6.07 Å². The summed E-state index contributed by atoms with van der Waals surface area (Å²) in [6.07, 6.45) is 3.67. The van der Waals surface area contributed by atoms with Gasteiger partial charge in [0.25, 0.3) is 0 Å². The van der Waals surface area contributed by atoms with Crippen molar-refractivity contribution >= 4 is 5.91 Å². The van der Waals surface area contributed by atoms with E-state index < -0.39 is 0 Å². The number of amides is 1. The topological polar surface area (TPSA) is 46.3 Å². The van der Waals surface area contributed by atoms with Gasteiger partial charge in [0.2, 0.25) is 5.91 Å². The molecular formula is C16H23FN2O. The van der Waals surface area contributed by atoms with Gasteiger partial charge in [0.15, 0.2) is 0 Å². The number of nitrogens with two attached hydrogens (primary N) is 1. The Balaban J connectivity index is 2.05. The summed E-state index contributed by atoms with van der Waals surface area (Å²) < 4.78 is 13.8. The Bertz CT molecular complexity index is 480. The number of rotatable bonds is 5. The second-order valence-corrected chi connectivity index (χ2v) is 5.94. The average molecular weight is 278 g/mol. The van der Waals surface area contributed by atoms with Crippen LogP contribution in [0.25, 0.3) is 0 Å². The van der Waals surface area contributed by atoms with E-state index in [1.807, 2.05) is 6.92 Å². The maximum Gasteiger partial charge on any atom is 0.223 e. The molecule has 1 aliphatic carbocycles. The number of carbonyl (C=O) groups excluding carboxylic acids is 1. The van der Waals surface area contributed by atoms with E-state index in [0.717, 1.165) is 19.3 Å². The fraction of sp³-hybridized carbons (Fsp3) is 0.562. The van der Waals surface area contributed by atoms with Gasteiger partial charge >= 0.3 is 0 Å². The first-order valence-corrected chi connectivity index (χ1v) is 7.19. The average Bonchev–Trinajstić information content (AvgIpc) is 2.41. The molecule has 0 heterocycles. The summed E-state index contributed by atoms with van der Waals surface area (Å²) in [4.78, 5) is 14.0. The second-order valence-electron chi connectivity index (χ2n) is 5.94. The van der Waals surface area contributed by atoms with Gasteiger partial charge in [0, 0.05) is 19.0 Å². The van der Waals surface area contributed by atoms with Gasteiger partial charge in [0.1, 0.15) is 5.82 Å². The van der Waals surface area contributed by atoms with Crippen LogP contribution in [0.3, 0.4) is 0 Å². The molecule has 1 aromatic rings. The number of hydrogen-bond donors (Lipinski definition) is 1. The largest absolute Gasteiger partial charge is 0.339 e. The van der Waals surface area contributed by atoms with Gasteiger partial charge in [-0.15, -0.1) is 0 Å². The molecule has 1 unspecified atom stereocenters. The van der Waals surface area contributed by atoms with Crippen molar-refractivity contribution in [2.24, 2.45) is 11.1 Å². The van der Waals surface area contributed by atoms with Crippen LogP contribution in [0.15, 0.2) is 24.3 Å². The fourth-order valence-electron chi connectivity index (χ4n) is 2.81. The SMILES string of the molecule is CC(c1ccccc1F)N(C)C(=O)CC1(CN)CCC1. The van der Waals surface area contributed by atoms with Gasteiger partial charge in [-0.05, 0) is 37.8 Å². The molecule has 2 rings (SSSR count). The van der Waals surface area contributed by atoms with E-state index in [1.54, 1.807) is 30.1 Å². The van der Waals surface area contributed by atoms with Crippen LogP contribution in [0, 0.1) is 11.2 Å². The quantitative estimate of drug-likeness (QED) is 0.900. The van der Waals surface area contributed by atoms with Gasteiger partial charge in [-0.2, -0.15) is 0 Å². The monoisotopic (exact) mass is 278 g/mol. The highest BCUT2D eigenvalue weighted by Gasteiger charge is 2.38. The molecule has 0 aromatic heterocycles. The molecule has 2 N–H and O–H groups in total. The molecule has 1 saturated carbocycles. The molecule has 1 atom stereocenters. The third kappa shape index (κ3) is 2.85. The summed E-state index contributed by atoms with van der Waals surface area (Å²) in [6.45, 7) is 2.41. The third-order valence-electron chi connectivity index (χ3n) is 4.70. The van der Waals surface area contributed by atoms with E-state index in [4.69, 9.17) is 5.73 Å². The molecule has 0 bridgehead atoms. The Hall–Kier alpha value is -1.42. The van der Waals surface area contributed by atoms with Crippen LogP contribution in [0.1, 0.15) is 44.2 Å². The predicted molar refractivity (Wildman–Crippen MR) is 77.5 cm³/mol. The molecule has 1 aliphatic rings. The lowest BCUT2D eigenvalue weighted by molar-refractivity contribution is -0.135. The maximum absolute atomic E-state index is 13.8. The lowest BCUT2D eigenvalue weighted by Crippen LogP contribution is -2.43. The minimum absolute atomic E-state index is 0.0136. The highest BCUT2D eigenvalue weighted by molar-refractivity contribution is 5.77. The van der Waals surface area contributed by atoms with E-state index in [2.05, 4.69) is 0 Å². The minimum atomic E-state index is -0.267. The summed E-state index contributed by atoms with van der Waals surface area (Å²) in [5.74, 6) is -0.220. The molecule has 0 aliphatic heterocycles. The van der Waals surface area contributed by atoms with Crippen molar-refractivity contribution in [3.8, 4) is 0 Å². The molecule has 1 amide bonds. The Morgan fingerprint density at radius 2 is 2.10 bits per heavy atom. The number of benzene rings is 1. The van der Waals surface area contributed by atoms with Crippen LogP contribution in [-0.4, -0.2) is 24.4 Å². The third-order valence-corrected chi connectivity index (χ3v) is 4.70. The molecule has 0 radical (unpaired) electrons. The van der Waals surface area contributed by atoms with Crippen molar-refractivity contribution in [3.05, 3.63) is 35.6 Å². The summed E-state index contributed by atoms with van der Waals surface area (Å²) >= 11 is 0. The summed E-state index contributed by atoms with van der Waals surface area (Å²) in [5, 5.41) is 0. The van der Waals surface area contributed by atoms with Gasteiger partial charge in [-0.25, -0.2) is 4.39 Å².